The van der Waals surface area contributed by atoms with Crippen molar-refractivity contribution in [2.24, 2.45) is 0 Å². The number of rotatable bonds is 3. The summed E-state index contributed by atoms with van der Waals surface area (Å²) in [6.45, 7) is 0.352. The van der Waals surface area contributed by atoms with Gasteiger partial charge in [-0.05, 0) is 11.6 Å². The molecule has 0 spiro atoms. The molecule has 0 unspecified atom stereocenters. The zero-order valence-corrected chi connectivity index (χ0v) is 8.22. The van der Waals surface area contributed by atoms with Crippen LogP contribution in [0, 0.1) is 0 Å². The maximum atomic E-state index is 8.70. The molecule has 0 aliphatic carbocycles. The molecular formula is C12H12N2O. The molecule has 1 heterocycles. The summed E-state index contributed by atoms with van der Waals surface area (Å²) in [6.07, 6.45) is 1.72. The zero-order valence-electron chi connectivity index (χ0n) is 8.22. The third-order valence-electron chi connectivity index (χ3n) is 2.22. The van der Waals surface area contributed by atoms with Crippen LogP contribution in [0.1, 0.15) is 5.69 Å². The lowest BCUT2D eigenvalue weighted by Gasteiger charge is -2.07. The van der Waals surface area contributed by atoms with E-state index in [9.17, 15) is 0 Å². The summed E-state index contributed by atoms with van der Waals surface area (Å²) in [4.78, 5) is 4.22. The maximum Gasteiger partial charge on any atom is 0.0643 e. The molecular weight excluding hydrogens is 188 g/mol. The van der Waals surface area contributed by atoms with E-state index in [1.807, 2.05) is 42.5 Å². The van der Waals surface area contributed by atoms with E-state index >= 15 is 0 Å². The summed E-state index contributed by atoms with van der Waals surface area (Å²) in [5.41, 5.74) is 5.12. The maximum absolute atomic E-state index is 8.70. The summed E-state index contributed by atoms with van der Waals surface area (Å²) in [6, 6.07) is 13.9. The van der Waals surface area contributed by atoms with E-state index < -0.39 is 0 Å². The molecule has 0 radical (unpaired) electrons. The SMILES string of the molecule is ONCc1ncccc1-c1ccccc1. The predicted octanol–water partition coefficient (Wildman–Crippen LogP) is 2.23. The lowest BCUT2D eigenvalue weighted by atomic mass is 10.0. The highest BCUT2D eigenvalue weighted by molar-refractivity contribution is 5.65. The van der Waals surface area contributed by atoms with Gasteiger partial charge >= 0.3 is 0 Å². The quantitative estimate of drug-likeness (QED) is 0.747. The standard InChI is InChI=1S/C12H12N2O/c15-14-9-12-11(7-4-8-13-12)10-5-2-1-3-6-10/h1-8,14-15H,9H2. The van der Waals surface area contributed by atoms with E-state index in [2.05, 4.69) is 10.5 Å². The molecule has 0 aliphatic heterocycles. The first-order valence-corrected chi connectivity index (χ1v) is 4.78. The largest absolute Gasteiger partial charge is 0.316 e. The average Bonchev–Trinajstić information content (AvgIpc) is 2.31. The fraction of sp³-hybridized carbons (Fsp3) is 0.0833. The van der Waals surface area contributed by atoms with Gasteiger partial charge in [-0.3, -0.25) is 4.98 Å². The van der Waals surface area contributed by atoms with E-state index in [0.29, 0.717) is 6.54 Å². The Labute approximate surface area is 88.4 Å². The van der Waals surface area contributed by atoms with E-state index in [0.717, 1.165) is 16.8 Å². The molecule has 0 atom stereocenters. The van der Waals surface area contributed by atoms with E-state index in [4.69, 9.17) is 5.21 Å². The van der Waals surface area contributed by atoms with Crippen molar-refractivity contribution in [1.29, 1.82) is 0 Å². The van der Waals surface area contributed by atoms with Gasteiger partial charge in [-0.1, -0.05) is 36.4 Å². The van der Waals surface area contributed by atoms with Gasteiger partial charge in [0.2, 0.25) is 0 Å². The Balaban J connectivity index is 2.43. The first-order chi connectivity index (χ1) is 7.42. The highest BCUT2D eigenvalue weighted by atomic mass is 16.5. The Morgan fingerprint density at radius 3 is 2.60 bits per heavy atom. The number of pyridine rings is 1. The summed E-state index contributed by atoms with van der Waals surface area (Å²) in [5, 5.41) is 8.70. The molecule has 1 aromatic carbocycles. The lowest BCUT2D eigenvalue weighted by molar-refractivity contribution is 0.160. The molecule has 0 fully saturated rings. The van der Waals surface area contributed by atoms with E-state index in [1.165, 1.54) is 0 Å². The van der Waals surface area contributed by atoms with Gasteiger partial charge in [-0.25, -0.2) is 0 Å². The van der Waals surface area contributed by atoms with Gasteiger partial charge in [0, 0.05) is 11.8 Å². The first kappa shape index (κ1) is 9.83. The molecule has 2 rings (SSSR count). The molecule has 0 saturated carbocycles. The van der Waals surface area contributed by atoms with Gasteiger partial charge < -0.3 is 5.21 Å². The first-order valence-electron chi connectivity index (χ1n) is 4.78. The van der Waals surface area contributed by atoms with Crippen molar-refractivity contribution in [3.05, 3.63) is 54.4 Å². The molecule has 2 aromatic rings. The minimum absolute atomic E-state index is 0.352. The smallest absolute Gasteiger partial charge is 0.0643 e. The van der Waals surface area contributed by atoms with Crippen molar-refractivity contribution in [1.82, 2.24) is 10.5 Å². The van der Waals surface area contributed by atoms with Crippen LogP contribution in [0.2, 0.25) is 0 Å². The van der Waals surface area contributed by atoms with Gasteiger partial charge in [0.05, 0.1) is 12.2 Å². The summed E-state index contributed by atoms with van der Waals surface area (Å²) >= 11 is 0. The van der Waals surface area contributed by atoms with Crippen molar-refractivity contribution >= 4 is 0 Å². The van der Waals surface area contributed by atoms with E-state index in [1.54, 1.807) is 6.20 Å². The second-order valence-corrected chi connectivity index (χ2v) is 3.20. The van der Waals surface area contributed by atoms with Crippen LogP contribution in [0.4, 0.5) is 0 Å². The number of nitrogens with zero attached hydrogens (tertiary/aromatic N) is 1. The highest BCUT2D eigenvalue weighted by Crippen LogP contribution is 2.21. The molecule has 76 valence electrons. The van der Waals surface area contributed by atoms with Crippen LogP contribution in [-0.2, 0) is 6.54 Å². The number of benzene rings is 1. The topological polar surface area (TPSA) is 45.1 Å². The Morgan fingerprint density at radius 2 is 1.87 bits per heavy atom. The second kappa shape index (κ2) is 4.68. The highest BCUT2D eigenvalue weighted by Gasteiger charge is 2.03. The number of aromatic nitrogens is 1. The number of hydrogen-bond donors (Lipinski definition) is 2. The van der Waals surface area contributed by atoms with Crippen LogP contribution in [0.3, 0.4) is 0 Å². The van der Waals surface area contributed by atoms with Crippen molar-refractivity contribution in [2.75, 3.05) is 0 Å². The second-order valence-electron chi connectivity index (χ2n) is 3.20. The van der Waals surface area contributed by atoms with Crippen molar-refractivity contribution in [2.45, 2.75) is 6.54 Å². The van der Waals surface area contributed by atoms with Crippen molar-refractivity contribution in [3.8, 4) is 11.1 Å². The Morgan fingerprint density at radius 1 is 1.07 bits per heavy atom. The van der Waals surface area contributed by atoms with Crippen LogP contribution in [0.15, 0.2) is 48.7 Å². The molecule has 2 N–H and O–H groups in total. The molecule has 0 bridgehead atoms. The Bertz CT molecular complexity index is 429. The third kappa shape index (κ3) is 2.21. The van der Waals surface area contributed by atoms with Gasteiger partial charge in [-0.15, -0.1) is 0 Å². The zero-order chi connectivity index (χ0) is 10.5. The minimum atomic E-state index is 0.352. The number of hydroxylamine groups is 1. The lowest BCUT2D eigenvalue weighted by Crippen LogP contribution is -2.08. The van der Waals surface area contributed by atoms with E-state index in [-0.39, 0.29) is 0 Å². The van der Waals surface area contributed by atoms with Crippen LogP contribution >= 0.6 is 0 Å². The predicted molar refractivity (Wildman–Crippen MR) is 58.3 cm³/mol. The fourth-order valence-corrected chi connectivity index (χ4v) is 1.53. The van der Waals surface area contributed by atoms with Gasteiger partial charge in [0.25, 0.3) is 0 Å². The monoisotopic (exact) mass is 200 g/mol. The van der Waals surface area contributed by atoms with Crippen molar-refractivity contribution < 1.29 is 5.21 Å². The van der Waals surface area contributed by atoms with Crippen LogP contribution in [0.25, 0.3) is 11.1 Å². The number of nitrogens with one attached hydrogen (secondary N) is 1. The minimum Gasteiger partial charge on any atom is -0.316 e. The normalized spacial score (nSPS) is 10.2. The Hall–Kier alpha value is -1.71. The van der Waals surface area contributed by atoms with Crippen molar-refractivity contribution in [3.63, 3.8) is 0 Å². The van der Waals surface area contributed by atoms with Crippen LogP contribution < -0.4 is 5.48 Å². The van der Waals surface area contributed by atoms with Crippen LogP contribution in [-0.4, -0.2) is 10.2 Å². The summed E-state index contributed by atoms with van der Waals surface area (Å²) in [5.74, 6) is 0. The van der Waals surface area contributed by atoms with Gasteiger partial charge in [-0.2, -0.15) is 5.48 Å². The molecule has 0 amide bonds. The third-order valence-corrected chi connectivity index (χ3v) is 2.22. The molecule has 0 saturated heterocycles. The Kier molecular flexibility index (Phi) is 3.07. The fourth-order valence-electron chi connectivity index (χ4n) is 1.53. The van der Waals surface area contributed by atoms with Gasteiger partial charge in [0.15, 0.2) is 0 Å². The molecule has 0 aliphatic rings. The molecule has 3 nitrogen and oxygen atoms in total. The molecule has 15 heavy (non-hydrogen) atoms. The summed E-state index contributed by atoms with van der Waals surface area (Å²) < 4.78 is 0. The van der Waals surface area contributed by atoms with Crippen LogP contribution in [0.5, 0.6) is 0 Å². The molecule has 3 heteroatoms. The average molecular weight is 200 g/mol. The van der Waals surface area contributed by atoms with Gasteiger partial charge in [0.1, 0.15) is 0 Å². The molecule has 1 aromatic heterocycles. The number of hydrogen-bond acceptors (Lipinski definition) is 3. The summed E-state index contributed by atoms with van der Waals surface area (Å²) in [7, 11) is 0.